The van der Waals surface area contributed by atoms with Gasteiger partial charge in [-0.1, -0.05) is 44.2 Å². The van der Waals surface area contributed by atoms with Crippen molar-refractivity contribution in [2.45, 2.75) is 32.4 Å². The summed E-state index contributed by atoms with van der Waals surface area (Å²) in [5.74, 6) is 0.163. The molecule has 0 saturated carbocycles. The maximum atomic E-state index is 12.3. The topological polar surface area (TPSA) is 34.4 Å². The van der Waals surface area contributed by atoms with Crippen LogP contribution in [0.25, 0.3) is 0 Å². The summed E-state index contributed by atoms with van der Waals surface area (Å²) in [6.45, 7) is 4.71. The number of amides is 1. The Morgan fingerprint density at radius 3 is 2.50 bits per heavy atom. The number of nitrogens with zero attached hydrogens (tertiary/aromatic N) is 2. The predicted octanol–water partition coefficient (Wildman–Crippen LogP) is 2.35. The molecule has 18 heavy (non-hydrogen) atoms. The van der Waals surface area contributed by atoms with E-state index in [4.69, 9.17) is 5.32 Å². The molecule has 3 nitrogen and oxygen atoms in total. The molecule has 3 heteroatoms. The Morgan fingerprint density at radius 2 is 2.00 bits per heavy atom. The zero-order valence-electron chi connectivity index (χ0n) is 11.4. The molecule has 1 aromatic carbocycles. The van der Waals surface area contributed by atoms with Gasteiger partial charge in [0.05, 0.1) is 0 Å². The highest BCUT2D eigenvalue weighted by Crippen LogP contribution is 2.35. The van der Waals surface area contributed by atoms with Crippen molar-refractivity contribution in [2.75, 3.05) is 13.6 Å². The van der Waals surface area contributed by atoms with Crippen molar-refractivity contribution in [3.8, 4) is 0 Å². The van der Waals surface area contributed by atoms with Gasteiger partial charge in [-0.25, -0.2) is 5.32 Å². The summed E-state index contributed by atoms with van der Waals surface area (Å²) in [5, 5.41) is 4.75. The minimum atomic E-state index is -0.442. The van der Waals surface area contributed by atoms with Gasteiger partial charge in [-0.2, -0.15) is 0 Å². The third kappa shape index (κ3) is 2.15. The molecule has 2 rings (SSSR count). The fourth-order valence-electron chi connectivity index (χ4n) is 2.65. The van der Waals surface area contributed by atoms with Crippen LogP contribution >= 0.6 is 0 Å². The molecule has 1 saturated heterocycles. The monoisotopic (exact) mass is 245 g/mol. The number of hydrogen-bond donors (Lipinski definition) is 0. The second-order valence-electron chi connectivity index (χ2n) is 5.22. The average molecular weight is 245 g/mol. The highest BCUT2D eigenvalue weighted by Gasteiger charge is 2.43. The van der Waals surface area contributed by atoms with Gasteiger partial charge >= 0.3 is 0 Å². The summed E-state index contributed by atoms with van der Waals surface area (Å²) in [7, 11) is 1.88. The van der Waals surface area contributed by atoms with Gasteiger partial charge < -0.3 is 4.90 Å². The lowest BCUT2D eigenvalue weighted by molar-refractivity contribution is -0.140. The molecule has 1 amide bonds. The van der Waals surface area contributed by atoms with E-state index in [0.29, 0.717) is 0 Å². The first-order valence-corrected chi connectivity index (χ1v) is 6.60. The number of hydrogen-bond acceptors (Lipinski definition) is 1. The molecule has 1 radical (unpaired) electrons. The van der Waals surface area contributed by atoms with Gasteiger partial charge in [-0.05, 0) is 18.4 Å². The van der Waals surface area contributed by atoms with Crippen LogP contribution < -0.4 is 5.32 Å². The van der Waals surface area contributed by atoms with Crippen molar-refractivity contribution in [2.24, 2.45) is 5.92 Å². The normalized spacial score (nSPS) is 23.3. The fraction of sp³-hybridized carbons (Fsp3) is 0.533. The SMILES string of the molecule is CC(C)C(=O)N(C)C1(c2ccccc2)CCC[N]1. The van der Waals surface area contributed by atoms with Crippen LogP contribution in [0.2, 0.25) is 0 Å². The van der Waals surface area contributed by atoms with Gasteiger partial charge in [-0.15, -0.1) is 0 Å². The van der Waals surface area contributed by atoms with E-state index < -0.39 is 5.66 Å². The first-order chi connectivity index (χ1) is 8.58. The van der Waals surface area contributed by atoms with E-state index >= 15 is 0 Å². The summed E-state index contributed by atoms with van der Waals surface area (Å²) in [5.41, 5.74) is 0.682. The summed E-state index contributed by atoms with van der Waals surface area (Å²) in [4.78, 5) is 14.1. The summed E-state index contributed by atoms with van der Waals surface area (Å²) in [6, 6.07) is 10.2. The molecule has 0 N–H and O–H groups in total. The summed E-state index contributed by atoms with van der Waals surface area (Å²) in [6.07, 6.45) is 1.97. The Balaban J connectivity index is 2.36. The molecule has 1 heterocycles. The van der Waals surface area contributed by atoms with Crippen LogP contribution in [0.1, 0.15) is 32.3 Å². The van der Waals surface area contributed by atoms with E-state index in [2.05, 4.69) is 12.1 Å². The lowest BCUT2D eigenvalue weighted by Gasteiger charge is -2.39. The van der Waals surface area contributed by atoms with Crippen molar-refractivity contribution in [3.05, 3.63) is 35.9 Å². The Morgan fingerprint density at radius 1 is 1.33 bits per heavy atom. The number of carbonyl (C=O) groups excluding carboxylic acids is 1. The van der Waals surface area contributed by atoms with Crippen LogP contribution in [0.5, 0.6) is 0 Å². The van der Waals surface area contributed by atoms with Crippen LogP contribution in [0.3, 0.4) is 0 Å². The lowest BCUT2D eigenvalue weighted by Crippen LogP contribution is -2.51. The number of rotatable bonds is 3. The molecule has 97 valence electrons. The molecular formula is C15H21N2O. The predicted molar refractivity (Wildman–Crippen MR) is 72.0 cm³/mol. The van der Waals surface area contributed by atoms with Crippen LogP contribution in [0.4, 0.5) is 0 Å². The van der Waals surface area contributed by atoms with Crippen LogP contribution in [0, 0.1) is 5.92 Å². The number of carbonyl (C=O) groups is 1. The third-order valence-corrected chi connectivity index (χ3v) is 3.67. The van der Waals surface area contributed by atoms with Crippen molar-refractivity contribution >= 4 is 5.91 Å². The van der Waals surface area contributed by atoms with Crippen molar-refractivity contribution in [1.82, 2.24) is 10.2 Å². The molecule has 0 aliphatic carbocycles. The molecule has 0 aromatic heterocycles. The van der Waals surface area contributed by atoms with E-state index in [1.165, 1.54) is 0 Å². The highest BCUT2D eigenvalue weighted by molar-refractivity contribution is 5.78. The van der Waals surface area contributed by atoms with E-state index in [9.17, 15) is 4.79 Å². The summed E-state index contributed by atoms with van der Waals surface area (Å²) < 4.78 is 0. The van der Waals surface area contributed by atoms with Gasteiger partial charge in [0.25, 0.3) is 0 Å². The smallest absolute Gasteiger partial charge is 0.226 e. The quantitative estimate of drug-likeness (QED) is 0.805. The maximum Gasteiger partial charge on any atom is 0.226 e. The molecule has 1 unspecified atom stereocenters. The van der Waals surface area contributed by atoms with Gasteiger partial charge in [-0.3, -0.25) is 4.79 Å². The van der Waals surface area contributed by atoms with E-state index in [0.717, 1.165) is 24.9 Å². The van der Waals surface area contributed by atoms with Crippen molar-refractivity contribution in [3.63, 3.8) is 0 Å². The average Bonchev–Trinajstić information content (AvgIpc) is 2.88. The van der Waals surface area contributed by atoms with Crippen molar-refractivity contribution < 1.29 is 4.79 Å². The molecule has 1 fully saturated rings. The Hall–Kier alpha value is -1.35. The minimum absolute atomic E-state index is 0.00591. The second kappa shape index (κ2) is 5.11. The Kier molecular flexibility index (Phi) is 3.71. The van der Waals surface area contributed by atoms with Crippen molar-refractivity contribution in [1.29, 1.82) is 0 Å². The maximum absolute atomic E-state index is 12.3. The van der Waals surface area contributed by atoms with Crippen LogP contribution in [-0.2, 0) is 10.5 Å². The molecule has 1 aromatic rings. The van der Waals surface area contributed by atoms with Gasteiger partial charge in [0.1, 0.15) is 5.66 Å². The molecule has 0 bridgehead atoms. The molecular weight excluding hydrogens is 224 g/mol. The number of benzene rings is 1. The molecule has 1 aliphatic heterocycles. The largest absolute Gasteiger partial charge is 0.322 e. The van der Waals surface area contributed by atoms with Crippen LogP contribution in [0.15, 0.2) is 30.3 Å². The van der Waals surface area contributed by atoms with Crippen LogP contribution in [-0.4, -0.2) is 24.4 Å². The standard InChI is InChI=1S/C15H21N2O/c1-12(2)14(18)17(3)15(10-7-11-16-15)13-8-5-4-6-9-13/h4-6,8-9,12H,7,10-11H2,1-3H3. The van der Waals surface area contributed by atoms with Gasteiger partial charge in [0, 0.05) is 19.5 Å². The van der Waals surface area contributed by atoms with E-state index in [-0.39, 0.29) is 11.8 Å². The molecule has 1 atom stereocenters. The zero-order valence-corrected chi connectivity index (χ0v) is 11.4. The lowest BCUT2D eigenvalue weighted by atomic mass is 9.94. The van der Waals surface area contributed by atoms with Gasteiger partial charge in [0.2, 0.25) is 5.91 Å². The fourth-order valence-corrected chi connectivity index (χ4v) is 2.65. The van der Waals surface area contributed by atoms with E-state index in [1.807, 2.05) is 44.0 Å². The zero-order chi connectivity index (χ0) is 13.2. The van der Waals surface area contributed by atoms with Gasteiger partial charge in [0.15, 0.2) is 0 Å². The summed E-state index contributed by atoms with van der Waals surface area (Å²) >= 11 is 0. The minimum Gasteiger partial charge on any atom is -0.322 e. The molecule has 1 aliphatic rings. The Labute approximate surface area is 109 Å². The first kappa shape index (κ1) is 13.1. The van der Waals surface area contributed by atoms with E-state index in [1.54, 1.807) is 0 Å². The third-order valence-electron chi connectivity index (χ3n) is 3.67. The molecule has 0 spiro atoms. The first-order valence-electron chi connectivity index (χ1n) is 6.60. The Bertz CT molecular complexity index is 408. The second-order valence-corrected chi connectivity index (χ2v) is 5.22. The highest BCUT2D eigenvalue weighted by atomic mass is 16.2.